The van der Waals surface area contributed by atoms with Gasteiger partial charge >= 0.3 is 0 Å². The third-order valence-corrected chi connectivity index (χ3v) is 2.83. The van der Waals surface area contributed by atoms with Crippen LogP contribution >= 0.6 is 0 Å². The van der Waals surface area contributed by atoms with Crippen molar-refractivity contribution >= 4 is 11.7 Å². The predicted octanol–water partition coefficient (Wildman–Crippen LogP) is 1.44. The molecule has 0 aliphatic heterocycles. The minimum Gasteiger partial charge on any atom is -0.463 e. The van der Waals surface area contributed by atoms with Crippen LogP contribution in [0.2, 0.25) is 0 Å². The smallest absolute Gasteiger partial charge is 0.267 e. The Morgan fingerprint density at radius 3 is 2.91 bits per heavy atom. The van der Waals surface area contributed by atoms with Crippen molar-refractivity contribution in [2.75, 3.05) is 5.32 Å². The zero-order chi connectivity index (χ0) is 15.5. The molecule has 112 valence electrons. The van der Waals surface area contributed by atoms with Gasteiger partial charge in [-0.1, -0.05) is 5.16 Å². The Kier molecular flexibility index (Phi) is 3.57. The number of anilines is 1. The van der Waals surface area contributed by atoms with Crippen LogP contribution in [0.1, 0.15) is 5.76 Å². The summed E-state index contributed by atoms with van der Waals surface area (Å²) < 4.78 is 11.1. The number of aromatic nitrogens is 3. The van der Waals surface area contributed by atoms with Crippen LogP contribution in [0, 0.1) is 6.92 Å². The van der Waals surface area contributed by atoms with Crippen molar-refractivity contribution in [3.8, 4) is 11.5 Å². The quantitative estimate of drug-likeness (QED) is 0.782. The third kappa shape index (κ3) is 2.95. The molecule has 0 spiro atoms. The number of hydrogen-bond acceptors (Lipinski definition) is 6. The molecule has 3 aromatic heterocycles. The van der Waals surface area contributed by atoms with E-state index in [-0.39, 0.29) is 17.9 Å². The van der Waals surface area contributed by atoms with Crippen LogP contribution < -0.4 is 10.9 Å². The molecule has 0 radical (unpaired) electrons. The topological polar surface area (TPSA) is 103 Å². The van der Waals surface area contributed by atoms with Gasteiger partial charge in [-0.3, -0.25) is 9.59 Å². The molecule has 0 bridgehead atoms. The minimum absolute atomic E-state index is 0.237. The Hall–Kier alpha value is -3.16. The summed E-state index contributed by atoms with van der Waals surface area (Å²) in [6.07, 6.45) is 1.51. The highest BCUT2D eigenvalue weighted by molar-refractivity contribution is 5.89. The maximum absolute atomic E-state index is 11.9. The van der Waals surface area contributed by atoms with Crippen molar-refractivity contribution in [1.29, 1.82) is 0 Å². The Morgan fingerprint density at radius 2 is 2.23 bits per heavy atom. The Morgan fingerprint density at radius 1 is 1.36 bits per heavy atom. The zero-order valence-corrected chi connectivity index (χ0v) is 11.6. The van der Waals surface area contributed by atoms with Crippen LogP contribution in [0.5, 0.6) is 0 Å². The lowest BCUT2D eigenvalue weighted by atomic mass is 10.3. The molecule has 8 nitrogen and oxygen atoms in total. The van der Waals surface area contributed by atoms with E-state index in [9.17, 15) is 9.59 Å². The highest BCUT2D eigenvalue weighted by atomic mass is 16.5. The fourth-order valence-electron chi connectivity index (χ4n) is 1.86. The van der Waals surface area contributed by atoms with Crippen LogP contribution in [0.3, 0.4) is 0 Å². The van der Waals surface area contributed by atoms with Crippen molar-refractivity contribution in [3.05, 3.63) is 52.7 Å². The second-order valence-electron chi connectivity index (χ2n) is 4.56. The molecular formula is C14H12N4O4. The maximum atomic E-state index is 11.9. The normalized spacial score (nSPS) is 10.6. The fourth-order valence-corrected chi connectivity index (χ4v) is 1.86. The molecule has 1 N–H and O–H groups in total. The monoisotopic (exact) mass is 300 g/mol. The summed E-state index contributed by atoms with van der Waals surface area (Å²) in [5.74, 6) is 0.948. The molecule has 0 atom stereocenters. The molecule has 0 aliphatic rings. The summed E-state index contributed by atoms with van der Waals surface area (Å²) in [7, 11) is 0. The van der Waals surface area contributed by atoms with Crippen LogP contribution in [0.25, 0.3) is 11.5 Å². The first-order valence-corrected chi connectivity index (χ1v) is 6.47. The largest absolute Gasteiger partial charge is 0.463 e. The molecule has 3 heterocycles. The molecule has 22 heavy (non-hydrogen) atoms. The van der Waals surface area contributed by atoms with Crippen molar-refractivity contribution in [1.82, 2.24) is 14.9 Å². The van der Waals surface area contributed by atoms with Gasteiger partial charge in [0, 0.05) is 12.1 Å². The van der Waals surface area contributed by atoms with Crippen LogP contribution in [0.15, 0.2) is 50.3 Å². The predicted molar refractivity (Wildman–Crippen MR) is 76.1 cm³/mol. The standard InChI is InChI=1S/C14H12N4O4/c1-9-7-12(17-22-9)15-13(19)8-18-14(20)5-4-10(16-18)11-3-2-6-21-11/h2-7H,8H2,1H3,(H,15,17,19). The first-order valence-electron chi connectivity index (χ1n) is 6.47. The van der Waals surface area contributed by atoms with E-state index in [1.807, 2.05) is 0 Å². The Bertz CT molecular complexity index is 848. The van der Waals surface area contributed by atoms with E-state index in [2.05, 4.69) is 15.6 Å². The molecular weight excluding hydrogens is 288 g/mol. The van der Waals surface area contributed by atoms with E-state index in [4.69, 9.17) is 8.94 Å². The average molecular weight is 300 g/mol. The minimum atomic E-state index is -0.431. The number of carbonyl (C=O) groups is 1. The number of carbonyl (C=O) groups excluding carboxylic acids is 1. The van der Waals surface area contributed by atoms with Crippen LogP contribution in [-0.2, 0) is 11.3 Å². The van der Waals surface area contributed by atoms with Gasteiger partial charge < -0.3 is 14.3 Å². The van der Waals surface area contributed by atoms with Gasteiger partial charge in [0.05, 0.1) is 6.26 Å². The van der Waals surface area contributed by atoms with Gasteiger partial charge in [-0.05, 0) is 25.1 Å². The first-order chi connectivity index (χ1) is 10.6. The summed E-state index contributed by atoms with van der Waals surface area (Å²) >= 11 is 0. The number of aryl methyl sites for hydroxylation is 1. The lowest BCUT2D eigenvalue weighted by Crippen LogP contribution is -2.29. The highest BCUT2D eigenvalue weighted by Gasteiger charge is 2.11. The van der Waals surface area contributed by atoms with Gasteiger partial charge in [-0.25, -0.2) is 4.68 Å². The van der Waals surface area contributed by atoms with Gasteiger partial charge in [0.25, 0.3) is 5.56 Å². The molecule has 0 saturated heterocycles. The number of furan rings is 1. The van der Waals surface area contributed by atoms with Gasteiger partial charge in [-0.15, -0.1) is 0 Å². The zero-order valence-electron chi connectivity index (χ0n) is 11.6. The van der Waals surface area contributed by atoms with E-state index in [0.717, 1.165) is 4.68 Å². The molecule has 1 amide bonds. The maximum Gasteiger partial charge on any atom is 0.267 e. The van der Waals surface area contributed by atoms with E-state index in [0.29, 0.717) is 17.2 Å². The molecule has 0 unspecified atom stereocenters. The van der Waals surface area contributed by atoms with Gasteiger partial charge in [-0.2, -0.15) is 5.10 Å². The van der Waals surface area contributed by atoms with Gasteiger partial charge in [0.1, 0.15) is 18.0 Å². The van der Waals surface area contributed by atoms with E-state index >= 15 is 0 Å². The number of nitrogens with one attached hydrogen (secondary N) is 1. The number of nitrogens with zero attached hydrogens (tertiary/aromatic N) is 3. The molecule has 0 aromatic carbocycles. The number of hydrogen-bond donors (Lipinski definition) is 1. The third-order valence-electron chi connectivity index (χ3n) is 2.83. The van der Waals surface area contributed by atoms with Crippen molar-refractivity contribution in [2.24, 2.45) is 0 Å². The number of rotatable bonds is 4. The SMILES string of the molecule is Cc1cc(NC(=O)Cn2nc(-c3ccco3)ccc2=O)no1. The summed E-state index contributed by atoms with van der Waals surface area (Å²) in [4.78, 5) is 23.7. The van der Waals surface area contributed by atoms with Crippen molar-refractivity contribution in [2.45, 2.75) is 13.5 Å². The Balaban J connectivity index is 1.78. The molecule has 8 heteroatoms. The molecule has 3 rings (SSSR count). The molecule has 3 aromatic rings. The van der Waals surface area contributed by atoms with Crippen molar-refractivity contribution < 1.29 is 13.7 Å². The molecule has 0 aliphatic carbocycles. The second-order valence-corrected chi connectivity index (χ2v) is 4.56. The first kappa shape index (κ1) is 13.8. The van der Waals surface area contributed by atoms with Crippen LogP contribution in [0.4, 0.5) is 5.82 Å². The van der Waals surface area contributed by atoms with Gasteiger partial charge in [0.15, 0.2) is 11.6 Å². The lowest BCUT2D eigenvalue weighted by Gasteiger charge is -2.05. The number of amides is 1. The fraction of sp³-hybridized carbons (Fsp3) is 0.143. The van der Waals surface area contributed by atoms with Crippen LogP contribution in [-0.4, -0.2) is 20.8 Å². The van der Waals surface area contributed by atoms with Crippen molar-refractivity contribution in [3.63, 3.8) is 0 Å². The van der Waals surface area contributed by atoms with E-state index in [1.54, 1.807) is 25.1 Å². The highest BCUT2D eigenvalue weighted by Crippen LogP contribution is 2.15. The Labute approximate surface area is 124 Å². The summed E-state index contributed by atoms with van der Waals surface area (Å²) in [6.45, 7) is 1.47. The molecule has 0 saturated carbocycles. The van der Waals surface area contributed by atoms with E-state index < -0.39 is 5.91 Å². The van der Waals surface area contributed by atoms with E-state index in [1.165, 1.54) is 18.4 Å². The lowest BCUT2D eigenvalue weighted by molar-refractivity contribution is -0.117. The second kappa shape index (κ2) is 5.68. The summed E-state index contributed by atoms with van der Waals surface area (Å²) in [5.41, 5.74) is 0.0801. The molecule has 0 fully saturated rings. The average Bonchev–Trinajstić information content (AvgIpc) is 3.13. The summed E-state index contributed by atoms with van der Waals surface area (Å²) in [5, 5.41) is 10.3. The summed E-state index contributed by atoms with van der Waals surface area (Å²) in [6, 6.07) is 7.88. The van der Waals surface area contributed by atoms with Gasteiger partial charge in [0.2, 0.25) is 5.91 Å².